The summed E-state index contributed by atoms with van der Waals surface area (Å²) < 4.78 is 0. The van der Waals surface area contributed by atoms with Crippen molar-refractivity contribution in [3.05, 3.63) is 42.1 Å². The number of hydrogen-bond donors (Lipinski definition) is 1. The summed E-state index contributed by atoms with van der Waals surface area (Å²) in [6.45, 7) is 6.22. The molecule has 0 aliphatic rings. The van der Waals surface area contributed by atoms with Gasteiger partial charge in [0.2, 0.25) is 0 Å². The van der Waals surface area contributed by atoms with Gasteiger partial charge in [0.25, 0.3) is 0 Å². The van der Waals surface area contributed by atoms with Crippen LogP contribution in [0, 0.1) is 11.8 Å². The maximum atomic E-state index is 9.90. The summed E-state index contributed by atoms with van der Waals surface area (Å²) in [6, 6.07) is 10.3. The van der Waals surface area contributed by atoms with Gasteiger partial charge in [-0.05, 0) is 42.9 Å². The summed E-state index contributed by atoms with van der Waals surface area (Å²) in [4.78, 5) is 4.38. The molecule has 0 saturated carbocycles. The molecule has 0 bridgehead atoms. The number of rotatable bonds is 4. The van der Waals surface area contributed by atoms with Crippen LogP contribution in [0.4, 0.5) is 0 Å². The van der Waals surface area contributed by atoms with E-state index < -0.39 is 0 Å². The van der Waals surface area contributed by atoms with E-state index in [1.807, 2.05) is 31.3 Å². The molecule has 2 atom stereocenters. The summed E-state index contributed by atoms with van der Waals surface area (Å²) in [5.74, 6) is 0.757. The molecule has 1 N–H and O–H groups in total. The Labute approximate surface area is 109 Å². The molecule has 0 aliphatic carbocycles. The highest BCUT2D eigenvalue weighted by Crippen LogP contribution is 2.25. The van der Waals surface area contributed by atoms with E-state index in [9.17, 15) is 5.11 Å². The average Bonchev–Trinajstić information content (AvgIpc) is 2.35. The number of para-hydroxylation sites is 1. The van der Waals surface area contributed by atoms with Gasteiger partial charge in [-0.25, -0.2) is 0 Å². The van der Waals surface area contributed by atoms with Gasteiger partial charge in [0.05, 0.1) is 11.6 Å². The van der Waals surface area contributed by atoms with Crippen molar-refractivity contribution in [1.82, 2.24) is 4.98 Å². The second kappa shape index (κ2) is 5.49. The Balaban J connectivity index is 2.36. The summed E-state index contributed by atoms with van der Waals surface area (Å²) in [5.41, 5.74) is 2.31. The molecular formula is C16H21NO. The highest BCUT2D eigenvalue weighted by atomic mass is 16.3. The maximum Gasteiger partial charge on any atom is 0.0704 e. The van der Waals surface area contributed by atoms with Gasteiger partial charge in [0, 0.05) is 11.6 Å². The SMILES string of the molecule is CC(C)C(Cc1ccnc2ccccc12)C(C)O. The Morgan fingerprint density at radius 1 is 1.11 bits per heavy atom. The average molecular weight is 243 g/mol. The van der Waals surface area contributed by atoms with Gasteiger partial charge in [0.1, 0.15) is 0 Å². The molecule has 2 unspecified atom stereocenters. The fourth-order valence-electron chi connectivity index (χ4n) is 2.55. The zero-order valence-corrected chi connectivity index (χ0v) is 11.3. The van der Waals surface area contributed by atoms with Gasteiger partial charge in [-0.2, -0.15) is 0 Å². The van der Waals surface area contributed by atoms with Crippen LogP contribution >= 0.6 is 0 Å². The molecule has 0 fully saturated rings. The first-order valence-electron chi connectivity index (χ1n) is 6.60. The third-order valence-electron chi connectivity index (χ3n) is 3.67. The number of benzene rings is 1. The van der Waals surface area contributed by atoms with Crippen LogP contribution in [-0.2, 0) is 6.42 Å². The first-order valence-corrected chi connectivity index (χ1v) is 6.60. The lowest BCUT2D eigenvalue weighted by atomic mass is 9.84. The molecule has 2 aromatic rings. The van der Waals surface area contributed by atoms with E-state index in [2.05, 4.69) is 31.0 Å². The van der Waals surface area contributed by atoms with Gasteiger partial charge >= 0.3 is 0 Å². The molecule has 0 aliphatic heterocycles. The first-order chi connectivity index (χ1) is 8.59. The van der Waals surface area contributed by atoms with Crippen LogP contribution in [0.1, 0.15) is 26.3 Å². The second-order valence-electron chi connectivity index (χ2n) is 5.34. The molecule has 2 heteroatoms. The van der Waals surface area contributed by atoms with Crippen LogP contribution < -0.4 is 0 Å². The lowest BCUT2D eigenvalue weighted by Crippen LogP contribution is -2.24. The van der Waals surface area contributed by atoms with Crippen molar-refractivity contribution in [2.45, 2.75) is 33.3 Å². The van der Waals surface area contributed by atoms with Crippen molar-refractivity contribution < 1.29 is 5.11 Å². The Morgan fingerprint density at radius 3 is 2.50 bits per heavy atom. The number of fused-ring (bicyclic) bond motifs is 1. The number of hydrogen-bond acceptors (Lipinski definition) is 2. The number of pyridine rings is 1. The van der Waals surface area contributed by atoms with Crippen molar-refractivity contribution in [2.75, 3.05) is 0 Å². The van der Waals surface area contributed by atoms with Crippen LogP contribution in [0.5, 0.6) is 0 Å². The summed E-state index contributed by atoms with van der Waals surface area (Å²) in [6.07, 6.45) is 2.48. The Bertz CT molecular complexity index is 506. The molecule has 96 valence electrons. The first kappa shape index (κ1) is 13.0. The van der Waals surface area contributed by atoms with Crippen molar-refractivity contribution in [2.24, 2.45) is 11.8 Å². The van der Waals surface area contributed by atoms with Gasteiger partial charge < -0.3 is 5.11 Å². The zero-order chi connectivity index (χ0) is 13.1. The molecule has 0 radical (unpaired) electrons. The van der Waals surface area contributed by atoms with Gasteiger partial charge in [0.15, 0.2) is 0 Å². The minimum atomic E-state index is -0.281. The van der Waals surface area contributed by atoms with Gasteiger partial charge in [-0.3, -0.25) is 4.98 Å². The predicted octanol–water partition coefficient (Wildman–Crippen LogP) is 3.43. The molecule has 18 heavy (non-hydrogen) atoms. The number of aromatic nitrogens is 1. The highest BCUT2D eigenvalue weighted by Gasteiger charge is 2.20. The van der Waals surface area contributed by atoms with Crippen LogP contribution in [0.15, 0.2) is 36.5 Å². The topological polar surface area (TPSA) is 33.1 Å². The maximum absolute atomic E-state index is 9.90. The fourth-order valence-corrected chi connectivity index (χ4v) is 2.55. The third-order valence-corrected chi connectivity index (χ3v) is 3.67. The van der Waals surface area contributed by atoms with E-state index in [1.54, 1.807) is 0 Å². The molecule has 0 spiro atoms. The number of nitrogens with zero attached hydrogens (tertiary/aromatic N) is 1. The standard InChI is InChI=1S/C16H21NO/c1-11(2)15(12(3)18)10-13-8-9-17-16-7-5-4-6-14(13)16/h4-9,11-12,15,18H,10H2,1-3H3. The van der Waals surface area contributed by atoms with Crippen molar-refractivity contribution >= 4 is 10.9 Å². The Hall–Kier alpha value is -1.41. The highest BCUT2D eigenvalue weighted by molar-refractivity contribution is 5.81. The second-order valence-corrected chi connectivity index (χ2v) is 5.34. The molecule has 2 rings (SSSR count). The Kier molecular flexibility index (Phi) is 3.97. The molecule has 2 nitrogen and oxygen atoms in total. The lowest BCUT2D eigenvalue weighted by Gasteiger charge is -2.24. The van der Waals surface area contributed by atoms with Gasteiger partial charge in [-0.1, -0.05) is 32.0 Å². The lowest BCUT2D eigenvalue weighted by molar-refractivity contribution is 0.0979. The van der Waals surface area contributed by atoms with E-state index in [0.717, 1.165) is 11.9 Å². The van der Waals surface area contributed by atoms with E-state index in [1.165, 1.54) is 10.9 Å². The van der Waals surface area contributed by atoms with Crippen molar-refractivity contribution in [3.8, 4) is 0 Å². The fraction of sp³-hybridized carbons (Fsp3) is 0.438. The normalized spacial score (nSPS) is 14.9. The largest absolute Gasteiger partial charge is 0.393 e. The van der Waals surface area contributed by atoms with Crippen molar-refractivity contribution in [1.29, 1.82) is 0 Å². The van der Waals surface area contributed by atoms with Crippen LogP contribution in [0.3, 0.4) is 0 Å². The molecule has 0 saturated heterocycles. The molecule has 1 aromatic heterocycles. The Morgan fingerprint density at radius 2 is 1.83 bits per heavy atom. The predicted molar refractivity (Wildman–Crippen MR) is 75.5 cm³/mol. The van der Waals surface area contributed by atoms with Gasteiger partial charge in [-0.15, -0.1) is 0 Å². The number of aliphatic hydroxyl groups excluding tert-OH is 1. The summed E-state index contributed by atoms with van der Waals surface area (Å²) >= 11 is 0. The minimum absolute atomic E-state index is 0.281. The monoisotopic (exact) mass is 243 g/mol. The molecule has 1 aromatic carbocycles. The van der Waals surface area contributed by atoms with E-state index in [-0.39, 0.29) is 12.0 Å². The molecule has 1 heterocycles. The van der Waals surface area contributed by atoms with E-state index in [4.69, 9.17) is 0 Å². The van der Waals surface area contributed by atoms with E-state index >= 15 is 0 Å². The zero-order valence-electron chi connectivity index (χ0n) is 11.3. The smallest absolute Gasteiger partial charge is 0.0704 e. The minimum Gasteiger partial charge on any atom is -0.393 e. The van der Waals surface area contributed by atoms with Crippen LogP contribution in [-0.4, -0.2) is 16.2 Å². The quantitative estimate of drug-likeness (QED) is 0.892. The molecular weight excluding hydrogens is 222 g/mol. The summed E-state index contributed by atoms with van der Waals surface area (Å²) in [7, 11) is 0. The molecule has 0 amide bonds. The third kappa shape index (κ3) is 2.70. The van der Waals surface area contributed by atoms with Crippen LogP contribution in [0.2, 0.25) is 0 Å². The summed E-state index contributed by atoms with van der Waals surface area (Å²) in [5, 5.41) is 11.1. The van der Waals surface area contributed by atoms with Crippen molar-refractivity contribution in [3.63, 3.8) is 0 Å². The van der Waals surface area contributed by atoms with E-state index in [0.29, 0.717) is 5.92 Å². The number of aliphatic hydroxyl groups is 1. The van der Waals surface area contributed by atoms with Crippen LogP contribution in [0.25, 0.3) is 10.9 Å².